The molecule has 7 nitrogen and oxygen atoms in total. The molecule has 0 N–H and O–H groups in total. The van der Waals surface area contributed by atoms with Gasteiger partial charge < -0.3 is 14.2 Å². The van der Waals surface area contributed by atoms with Gasteiger partial charge in [0.1, 0.15) is 11.3 Å². The van der Waals surface area contributed by atoms with E-state index in [1.54, 1.807) is 26.8 Å². The highest BCUT2D eigenvalue weighted by Crippen LogP contribution is 2.31. The van der Waals surface area contributed by atoms with Gasteiger partial charge in [-0.05, 0) is 51.2 Å². The standard InChI is InChI=1S/C19H25NO6/c1-4-24-17-16(19(23)26-6-3)13(9-12-7-8-14(21)10-12)11-15(20-17)18(22)25-5-2/h11-12H,4-10H2,1-3H3. The van der Waals surface area contributed by atoms with E-state index in [0.29, 0.717) is 24.8 Å². The van der Waals surface area contributed by atoms with Gasteiger partial charge in [0.2, 0.25) is 5.88 Å². The highest BCUT2D eigenvalue weighted by molar-refractivity contribution is 5.96. The lowest BCUT2D eigenvalue weighted by Gasteiger charge is -2.17. The smallest absolute Gasteiger partial charge is 0.357 e. The van der Waals surface area contributed by atoms with Crippen LogP contribution >= 0.6 is 0 Å². The van der Waals surface area contributed by atoms with Gasteiger partial charge in [-0.15, -0.1) is 0 Å². The number of hydrogen-bond acceptors (Lipinski definition) is 7. The van der Waals surface area contributed by atoms with Gasteiger partial charge in [0.25, 0.3) is 0 Å². The summed E-state index contributed by atoms with van der Waals surface area (Å²) in [7, 11) is 0. The molecule has 1 unspecified atom stereocenters. The van der Waals surface area contributed by atoms with Crippen LogP contribution in [-0.4, -0.2) is 42.5 Å². The molecule has 1 saturated carbocycles. The first kappa shape index (κ1) is 19.9. The minimum absolute atomic E-state index is 0.0656. The molecule has 0 radical (unpaired) electrons. The number of carbonyl (C=O) groups is 3. The Hall–Kier alpha value is -2.44. The van der Waals surface area contributed by atoms with Crippen LogP contribution < -0.4 is 4.74 Å². The Morgan fingerprint density at radius 1 is 1.12 bits per heavy atom. The fourth-order valence-electron chi connectivity index (χ4n) is 3.08. The average Bonchev–Trinajstić information content (AvgIpc) is 3.00. The maximum atomic E-state index is 12.5. The van der Waals surface area contributed by atoms with E-state index in [1.807, 2.05) is 0 Å². The van der Waals surface area contributed by atoms with E-state index < -0.39 is 11.9 Å². The summed E-state index contributed by atoms with van der Waals surface area (Å²) in [4.78, 5) is 40.4. The molecule has 0 aliphatic heterocycles. The number of rotatable bonds is 8. The van der Waals surface area contributed by atoms with Gasteiger partial charge in [0, 0.05) is 12.8 Å². The third kappa shape index (κ3) is 4.80. The second-order valence-corrected chi connectivity index (χ2v) is 6.07. The summed E-state index contributed by atoms with van der Waals surface area (Å²) in [6.07, 6.45) is 2.27. The number of pyridine rings is 1. The van der Waals surface area contributed by atoms with E-state index in [1.165, 1.54) is 0 Å². The first-order chi connectivity index (χ1) is 12.5. The number of Topliss-reactive ketones (excluding diaryl/α,β-unsaturated/α-hetero) is 1. The minimum atomic E-state index is -0.576. The van der Waals surface area contributed by atoms with Crippen LogP contribution in [0.4, 0.5) is 0 Å². The van der Waals surface area contributed by atoms with E-state index in [2.05, 4.69) is 4.98 Å². The molecule has 1 heterocycles. The Balaban J connectivity index is 2.48. The maximum absolute atomic E-state index is 12.5. The Labute approximate surface area is 153 Å². The van der Waals surface area contributed by atoms with E-state index in [9.17, 15) is 14.4 Å². The molecule has 1 aromatic rings. The second-order valence-electron chi connectivity index (χ2n) is 6.07. The normalized spacial score (nSPS) is 16.4. The van der Waals surface area contributed by atoms with Gasteiger partial charge in [-0.2, -0.15) is 0 Å². The number of aromatic nitrogens is 1. The fraction of sp³-hybridized carbons (Fsp3) is 0.579. The van der Waals surface area contributed by atoms with Crippen LogP contribution in [0.5, 0.6) is 5.88 Å². The SMILES string of the molecule is CCOC(=O)c1cc(CC2CCC(=O)C2)c(C(=O)OCC)c(OCC)n1. The first-order valence-corrected chi connectivity index (χ1v) is 9.02. The van der Waals surface area contributed by atoms with Gasteiger partial charge in [-0.25, -0.2) is 14.6 Å². The highest BCUT2D eigenvalue weighted by atomic mass is 16.5. The lowest BCUT2D eigenvalue weighted by molar-refractivity contribution is -0.117. The van der Waals surface area contributed by atoms with Gasteiger partial charge >= 0.3 is 11.9 Å². The monoisotopic (exact) mass is 363 g/mol. The van der Waals surface area contributed by atoms with E-state index in [4.69, 9.17) is 14.2 Å². The minimum Gasteiger partial charge on any atom is -0.477 e. The van der Waals surface area contributed by atoms with E-state index >= 15 is 0 Å². The molecule has 1 aliphatic carbocycles. The zero-order valence-electron chi connectivity index (χ0n) is 15.5. The summed E-state index contributed by atoms with van der Waals surface area (Å²) < 4.78 is 15.7. The van der Waals surface area contributed by atoms with Crippen molar-refractivity contribution in [3.8, 4) is 5.88 Å². The molecular weight excluding hydrogens is 338 g/mol. The van der Waals surface area contributed by atoms with E-state index in [0.717, 1.165) is 6.42 Å². The number of nitrogens with zero attached hydrogens (tertiary/aromatic N) is 1. The Bertz CT molecular complexity index is 685. The number of ether oxygens (including phenoxy) is 3. The average molecular weight is 363 g/mol. The van der Waals surface area contributed by atoms with Gasteiger partial charge in [-0.1, -0.05) is 0 Å². The summed E-state index contributed by atoms with van der Waals surface area (Å²) >= 11 is 0. The summed E-state index contributed by atoms with van der Waals surface area (Å²) in [5, 5.41) is 0. The first-order valence-electron chi connectivity index (χ1n) is 9.02. The number of carbonyl (C=O) groups excluding carboxylic acids is 3. The van der Waals surface area contributed by atoms with Crippen LogP contribution in [0.25, 0.3) is 0 Å². The molecule has 1 atom stereocenters. The Morgan fingerprint density at radius 3 is 2.38 bits per heavy atom. The molecule has 7 heteroatoms. The zero-order chi connectivity index (χ0) is 19.1. The third-order valence-electron chi connectivity index (χ3n) is 4.17. The number of hydrogen-bond donors (Lipinski definition) is 0. The lowest BCUT2D eigenvalue weighted by atomic mass is 9.94. The quantitative estimate of drug-likeness (QED) is 0.656. The summed E-state index contributed by atoms with van der Waals surface area (Å²) in [6, 6.07) is 1.55. The fourth-order valence-corrected chi connectivity index (χ4v) is 3.08. The van der Waals surface area contributed by atoms with Crippen LogP contribution in [0, 0.1) is 5.92 Å². The molecule has 1 aromatic heterocycles. The summed E-state index contributed by atoms with van der Waals surface area (Å²) in [5.41, 5.74) is 0.911. The zero-order valence-corrected chi connectivity index (χ0v) is 15.5. The molecule has 0 saturated heterocycles. The molecule has 0 amide bonds. The largest absolute Gasteiger partial charge is 0.477 e. The Morgan fingerprint density at radius 2 is 1.81 bits per heavy atom. The predicted octanol–water partition coefficient (Wildman–Crippen LogP) is 2.75. The van der Waals surface area contributed by atoms with Crippen molar-refractivity contribution < 1.29 is 28.6 Å². The van der Waals surface area contributed by atoms with Crippen LogP contribution in [0.15, 0.2) is 6.07 Å². The predicted molar refractivity (Wildman–Crippen MR) is 93.4 cm³/mol. The molecule has 1 aliphatic rings. The summed E-state index contributed by atoms with van der Waals surface area (Å²) in [6.45, 7) is 5.91. The van der Waals surface area contributed by atoms with Crippen molar-refractivity contribution in [1.82, 2.24) is 4.98 Å². The van der Waals surface area contributed by atoms with Crippen LogP contribution in [0.3, 0.4) is 0 Å². The summed E-state index contributed by atoms with van der Waals surface area (Å²) in [5.74, 6) is -0.707. The molecule has 0 aromatic carbocycles. The van der Waals surface area contributed by atoms with Crippen molar-refractivity contribution in [2.24, 2.45) is 5.92 Å². The second kappa shape index (κ2) is 9.31. The van der Waals surface area contributed by atoms with Crippen LogP contribution in [0.1, 0.15) is 66.4 Å². The number of ketones is 1. The molecule has 0 spiro atoms. The number of esters is 2. The maximum Gasteiger partial charge on any atom is 0.357 e. The van der Waals surface area contributed by atoms with Crippen molar-refractivity contribution in [1.29, 1.82) is 0 Å². The van der Waals surface area contributed by atoms with Gasteiger partial charge in [0.15, 0.2) is 5.69 Å². The molecule has 0 bridgehead atoms. The van der Waals surface area contributed by atoms with Crippen LogP contribution in [0.2, 0.25) is 0 Å². The lowest BCUT2D eigenvalue weighted by Crippen LogP contribution is -2.17. The van der Waals surface area contributed by atoms with Gasteiger partial charge in [0.05, 0.1) is 19.8 Å². The molecule has 142 valence electrons. The topological polar surface area (TPSA) is 91.8 Å². The highest BCUT2D eigenvalue weighted by Gasteiger charge is 2.28. The molecular formula is C19H25NO6. The molecule has 26 heavy (non-hydrogen) atoms. The molecule has 2 rings (SSSR count). The van der Waals surface area contributed by atoms with Crippen molar-refractivity contribution in [3.63, 3.8) is 0 Å². The van der Waals surface area contributed by atoms with E-state index in [-0.39, 0.29) is 48.7 Å². The third-order valence-corrected chi connectivity index (χ3v) is 4.17. The van der Waals surface area contributed by atoms with Crippen molar-refractivity contribution in [2.45, 2.75) is 46.5 Å². The van der Waals surface area contributed by atoms with Crippen molar-refractivity contribution in [2.75, 3.05) is 19.8 Å². The van der Waals surface area contributed by atoms with Crippen molar-refractivity contribution in [3.05, 3.63) is 22.9 Å². The molecule has 1 fully saturated rings. The van der Waals surface area contributed by atoms with Crippen molar-refractivity contribution >= 4 is 17.7 Å². The van der Waals surface area contributed by atoms with Crippen LogP contribution in [-0.2, 0) is 20.7 Å². The van der Waals surface area contributed by atoms with Gasteiger partial charge in [-0.3, -0.25) is 4.79 Å². The Kier molecular flexibility index (Phi) is 7.12.